The quantitative estimate of drug-likeness (QED) is 0.832. The number of aromatic amines is 1. The predicted octanol–water partition coefficient (Wildman–Crippen LogP) is 3.89. The van der Waals surface area contributed by atoms with E-state index in [1.807, 2.05) is 0 Å². The van der Waals surface area contributed by atoms with Gasteiger partial charge in [0.25, 0.3) is 0 Å². The number of nitrogens with one attached hydrogen (secondary N) is 2. The highest BCUT2D eigenvalue weighted by Gasteiger charge is 2.48. The minimum absolute atomic E-state index is 0.0654. The van der Waals surface area contributed by atoms with Gasteiger partial charge < -0.3 is 15.0 Å². The van der Waals surface area contributed by atoms with Gasteiger partial charge >= 0.3 is 0 Å². The zero-order chi connectivity index (χ0) is 19.7. The van der Waals surface area contributed by atoms with E-state index in [-0.39, 0.29) is 11.9 Å². The second-order valence-corrected chi connectivity index (χ2v) is 9.66. The number of methoxy groups -OCH3 is 1. The summed E-state index contributed by atoms with van der Waals surface area (Å²) < 4.78 is 5.79. The van der Waals surface area contributed by atoms with Crippen LogP contribution in [0.4, 0.5) is 0 Å². The van der Waals surface area contributed by atoms with Gasteiger partial charge in [-0.05, 0) is 55.2 Å². The lowest BCUT2D eigenvalue weighted by Gasteiger charge is -2.53. The second kappa shape index (κ2) is 6.49. The maximum absolute atomic E-state index is 11.8. The number of aromatic nitrogens is 1. The van der Waals surface area contributed by atoms with E-state index in [4.69, 9.17) is 4.74 Å². The molecule has 3 saturated heterocycles. The number of H-pyrrole nitrogens is 1. The van der Waals surface area contributed by atoms with Gasteiger partial charge in [-0.1, -0.05) is 13.3 Å². The Kier molecular flexibility index (Phi) is 3.99. The number of ether oxygens (including phenoxy) is 1. The Balaban J connectivity index is 1.47. The van der Waals surface area contributed by atoms with Crippen molar-refractivity contribution in [2.75, 3.05) is 20.2 Å². The smallest absolute Gasteiger partial charge is 0.220 e. The van der Waals surface area contributed by atoms with Gasteiger partial charge in [-0.15, -0.1) is 0 Å². The van der Waals surface area contributed by atoms with Crippen molar-refractivity contribution in [3.63, 3.8) is 0 Å². The summed E-state index contributed by atoms with van der Waals surface area (Å²) in [7, 11) is 1.75. The number of rotatable bonds is 3. The highest BCUT2D eigenvalue weighted by molar-refractivity contribution is 5.88. The summed E-state index contributed by atoms with van der Waals surface area (Å²) in [6.45, 7) is 4.85. The number of carbonyl (C=O) groups is 1. The van der Waals surface area contributed by atoms with Crippen LogP contribution >= 0.6 is 0 Å². The Morgan fingerprint density at radius 3 is 2.90 bits per heavy atom. The van der Waals surface area contributed by atoms with Crippen molar-refractivity contribution in [1.82, 2.24) is 15.2 Å². The fraction of sp³-hybridized carbons (Fsp3) is 0.625. The monoisotopic (exact) mass is 393 g/mol. The Labute approximate surface area is 172 Å². The van der Waals surface area contributed by atoms with Crippen LogP contribution in [0.2, 0.25) is 0 Å². The Hall–Kier alpha value is -2.01. The molecule has 6 atom stereocenters. The first kappa shape index (κ1) is 17.8. The minimum atomic E-state index is 0.0654. The number of hydrogen-bond donors (Lipinski definition) is 2. The summed E-state index contributed by atoms with van der Waals surface area (Å²) in [5, 5.41) is 4.43. The lowest BCUT2D eigenvalue weighted by atomic mass is 9.65. The molecule has 2 N–H and O–H groups in total. The van der Waals surface area contributed by atoms with Gasteiger partial charge in [0.2, 0.25) is 5.91 Å². The Morgan fingerprint density at radius 2 is 2.14 bits per heavy atom. The van der Waals surface area contributed by atoms with Gasteiger partial charge in [-0.3, -0.25) is 9.69 Å². The first-order valence-corrected chi connectivity index (χ1v) is 11.4. The van der Waals surface area contributed by atoms with Gasteiger partial charge in [0, 0.05) is 53.6 Å². The van der Waals surface area contributed by atoms with E-state index < -0.39 is 0 Å². The second-order valence-electron chi connectivity index (χ2n) is 9.66. The van der Waals surface area contributed by atoms with Crippen LogP contribution in [-0.4, -0.2) is 42.0 Å². The standard InChI is InChI=1S/C24H31N3O2/c1-3-14-8-13-9-18-23-15(6-7-27(12-13)24(14)18)16-11-21(29-2)17(10-20(16)26-23)19-4-5-22(28)25-19/h10-11,13-14,18-19,24,26H,3-9,12H2,1-2H3,(H,25,28)/t13-,14-,18-,19?,24-/m0/s1. The summed E-state index contributed by atoms with van der Waals surface area (Å²) in [5.74, 6) is 3.38. The molecular weight excluding hydrogens is 362 g/mol. The lowest BCUT2D eigenvalue weighted by molar-refractivity contribution is -0.119. The fourth-order valence-corrected chi connectivity index (χ4v) is 7.04. The highest BCUT2D eigenvalue weighted by atomic mass is 16.5. The van der Waals surface area contributed by atoms with Crippen molar-refractivity contribution < 1.29 is 9.53 Å². The molecule has 2 aromatic rings. The third-order valence-electron chi connectivity index (χ3n) is 8.24. The Bertz CT molecular complexity index is 980. The van der Waals surface area contributed by atoms with Crippen molar-refractivity contribution in [2.45, 2.75) is 63.5 Å². The molecule has 1 aliphatic carbocycles. The minimum Gasteiger partial charge on any atom is -0.496 e. The topological polar surface area (TPSA) is 57.4 Å². The van der Waals surface area contributed by atoms with Gasteiger partial charge in [0.1, 0.15) is 5.75 Å². The third kappa shape index (κ3) is 2.59. The van der Waals surface area contributed by atoms with Gasteiger partial charge in [0.15, 0.2) is 0 Å². The molecule has 5 nitrogen and oxygen atoms in total. The first-order valence-electron chi connectivity index (χ1n) is 11.4. The van der Waals surface area contributed by atoms with E-state index in [2.05, 4.69) is 34.3 Å². The molecule has 7 rings (SSSR count). The number of benzene rings is 1. The molecule has 0 radical (unpaired) electrons. The van der Waals surface area contributed by atoms with Crippen molar-refractivity contribution in [3.8, 4) is 5.75 Å². The summed E-state index contributed by atoms with van der Waals surface area (Å²) in [6, 6.07) is 5.24. The van der Waals surface area contributed by atoms with Crippen LogP contribution < -0.4 is 10.1 Å². The number of fused-ring (bicyclic) bond motifs is 4. The predicted molar refractivity (Wildman–Crippen MR) is 113 cm³/mol. The van der Waals surface area contributed by atoms with Gasteiger partial charge in [0.05, 0.1) is 13.2 Å². The molecule has 5 heterocycles. The fourth-order valence-electron chi connectivity index (χ4n) is 7.04. The molecule has 4 bridgehead atoms. The van der Waals surface area contributed by atoms with Gasteiger partial charge in [-0.2, -0.15) is 0 Å². The molecule has 1 aromatic heterocycles. The molecule has 2 unspecified atom stereocenters. The number of nitrogens with zero attached hydrogens (tertiary/aromatic N) is 1. The molecule has 1 aromatic carbocycles. The number of carbonyl (C=O) groups excluding carboxylic acids is 1. The van der Waals surface area contributed by atoms with Crippen LogP contribution in [0.25, 0.3) is 10.9 Å². The molecule has 5 heteroatoms. The third-order valence-corrected chi connectivity index (χ3v) is 8.24. The summed E-state index contributed by atoms with van der Waals surface area (Å²) in [4.78, 5) is 18.4. The molecule has 1 amide bonds. The summed E-state index contributed by atoms with van der Waals surface area (Å²) >= 11 is 0. The van der Waals surface area contributed by atoms with E-state index >= 15 is 0 Å². The number of amides is 1. The molecule has 1 saturated carbocycles. The summed E-state index contributed by atoms with van der Waals surface area (Å²) in [5.41, 5.74) is 5.33. The van der Waals surface area contributed by atoms with E-state index in [0.717, 1.165) is 36.0 Å². The normalized spacial score (nSPS) is 35.4. The van der Waals surface area contributed by atoms with Crippen LogP contribution in [0.3, 0.4) is 0 Å². The molecule has 4 aliphatic heterocycles. The van der Waals surface area contributed by atoms with E-state index in [0.29, 0.717) is 18.4 Å². The molecular formula is C24H31N3O2. The molecule has 29 heavy (non-hydrogen) atoms. The largest absolute Gasteiger partial charge is 0.496 e. The lowest BCUT2D eigenvalue weighted by Crippen LogP contribution is -2.56. The average Bonchev–Trinajstić information content (AvgIpc) is 3.31. The molecule has 5 aliphatic rings. The number of hydrogen-bond acceptors (Lipinski definition) is 3. The number of piperidine rings is 2. The zero-order valence-electron chi connectivity index (χ0n) is 17.5. The van der Waals surface area contributed by atoms with Crippen LogP contribution in [0.1, 0.15) is 67.8 Å². The van der Waals surface area contributed by atoms with E-state index in [9.17, 15) is 4.79 Å². The van der Waals surface area contributed by atoms with Crippen molar-refractivity contribution in [2.24, 2.45) is 11.8 Å². The first-order chi connectivity index (χ1) is 14.2. The van der Waals surface area contributed by atoms with Crippen LogP contribution in [0.5, 0.6) is 5.75 Å². The van der Waals surface area contributed by atoms with Crippen LogP contribution in [0.15, 0.2) is 12.1 Å². The molecule has 4 fully saturated rings. The maximum atomic E-state index is 11.8. The zero-order valence-corrected chi connectivity index (χ0v) is 17.5. The van der Waals surface area contributed by atoms with Crippen molar-refractivity contribution >= 4 is 16.8 Å². The van der Waals surface area contributed by atoms with E-state index in [1.54, 1.807) is 7.11 Å². The van der Waals surface area contributed by atoms with Crippen LogP contribution in [-0.2, 0) is 11.2 Å². The average molecular weight is 394 g/mol. The van der Waals surface area contributed by atoms with E-state index in [1.165, 1.54) is 54.5 Å². The SMILES string of the molecule is CC[C@H]1C[C@H]2C[C@H]3c4[nH]c5cc(C6CCC(=O)N6)c(OC)cc5c4CCN(C2)[C@@H]13. The molecule has 0 spiro atoms. The van der Waals surface area contributed by atoms with Gasteiger partial charge in [-0.25, -0.2) is 0 Å². The van der Waals surface area contributed by atoms with Crippen LogP contribution in [0, 0.1) is 11.8 Å². The van der Waals surface area contributed by atoms with Crippen molar-refractivity contribution in [1.29, 1.82) is 0 Å². The Morgan fingerprint density at radius 1 is 1.24 bits per heavy atom. The summed E-state index contributed by atoms with van der Waals surface area (Å²) in [6.07, 6.45) is 6.62. The molecule has 154 valence electrons. The van der Waals surface area contributed by atoms with Crippen molar-refractivity contribution in [3.05, 3.63) is 29.0 Å². The highest BCUT2D eigenvalue weighted by Crippen LogP contribution is 2.51. The maximum Gasteiger partial charge on any atom is 0.220 e.